The third-order valence-electron chi connectivity index (χ3n) is 4.32. The molecule has 0 bridgehead atoms. The van der Waals surface area contributed by atoms with Crippen LogP contribution >= 0.6 is 0 Å². The van der Waals surface area contributed by atoms with Crippen molar-refractivity contribution in [1.82, 2.24) is 4.31 Å². The van der Waals surface area contributed by atoms with Gasteiger partial charge in [-0.05, 0) is 48.9 Å². The molecule has 8 nitrogen and oxygen atoms in total. The van der Waals surface area contributed by atoms with E-state index in [2.05, 4.69) is 10.6 Å². The van der Waals surface area contributed by atoms with Crippen molar-refractivity contribution < 1.29 is 22.7 Å². The van der Waals surface area contributed by atoms with Gasteiger partial charge in [-0.2, -0.15) is 4.31 Å². The van der Waals surface area contributed by atoms with Gasteiger partial charge in [-0.25, -0.2) is 8.42 Å². The predicted molar refractivity (Wildman–Crippen MR) is 116 cm³/mol. The Balaban J connectivity index is 2.02. The number of sulfonamides is 1. The Morgan fingerprint density at radius 1 is 1.00 bits per heavy atom. The number of hydrogen-bond acceptors (Lipinski definition) is 5. The molecule has 0 unspecified atom stereocenters. The molecule has 2 aromatic rings. The molecule has 2 N–H and O–H groups in total. The molecule has 9 heteroatoms. The van der Waals surface area contributed by atoms with Gasteiger partial charge in [0.05, 0.1) is 4.90 Å². The zero-order valence-electron chi connectivity index (χ0n) is 17.6. The van der Waals surface area contributed by atoms with E-state index < -0.39 is 10.0 Å². The molecule has 2 aromatic carbocycles. The predicted octanol–water partition coefficient (Wildman–Crippen LogP) is 3.00. The van der Waals surface area contributed by atoms with Crippen LogP contribution in [0.15, 0.2) is 47.4 Å². The molecule has 0 aliphatic carbocycles. The highest BCUT2D eigenvalue weighted by Gasteiger charge is 2.22. The molecule has 0 saturated carbocycles. The van der Waals surface area contributed by atoms with E-state index in [4.69, 9.17) is 4.74 Å². The number of amides is 2. The second-order valence-electron chi connectivity index (χ2n) is 6.62. The number of carbonyl (C=O) groups is 2. The zero-order chi connectivity index (χ0) is 22.3. The number of carbonyl (C=O) groups excluding carboxylic acids is 2. The molecule has 2 rings (SSSR count). The normalized spacial score (nSPS) is 11.2. The molecule has 0 radical (unpaired) electrons. The SMILES string of the molecule is CCN(CC)S(=O)(=O)c1ccc(OCC(=O)Nc2cccc(NC(C)=O)c2)c(C)c1. The summed E-state index contributed by atoms with van der Waals surface area (Å²) in [7, 11) is -3.56. The number of nitrogens with zero attached hydrogens (tertiary/aromatic N) is 1. The third kappa shape index (κ3) is 6.04. The summed E-state index contributed by atoms with van der Waals surface area (Å²) in [6.45, 7) is 7.24. The Morgan fingerprint density at radius 2 is 1.63 bits per heavy atom. The van der Waals surface area contributed by atoms with Crippen molar-refractivity contribution in [1.29, 1.82) is 0 Å². The first-order chi connectivity index (χ1) is 14.2. The summed E-state index contributed by atoms with van der Waals surface area (Å²) in [5, 5.41) is 5.34. The number of nitrogens with one attached hydrogen (secondary N) is 2. The lowest BCUT2D eigenvalue weighted by atomic mass is 10.2. The average molecular weight is 434 g/mol. The zero-order valence-corrected chi connectivity index (χ0v) is 18.4. The summed E-state index contributed by atoms with van der Waals surface area (Å²) in [6, 6.07) is 11.3. The van der Waals surface area contributed by atoms with E-state index in [0.29, 0.717) is 35.8 Å². The molecule has 0 aliphatic heterocycles. The maximum Gasteiger partial charge on any atom is 0.262 e. The summed E-state index contributed by atoms with van der Waals surface area (Å²) in [5.74, 6) is -0.159. The fourth-order valence-electron chi connectivity index (χ4n) is 2.88. The van der Waals surface area contributed by atoms with E-state index in [9.17, 15) is 18.0 Å². The lowest BCUT2D eigenvalue weighted by molar-refractivity contribution is -0.118. The smallest absolute Gasteiger partial charge is 0.262 e. The second-order valence-corrected chi connectivity index (χ2v) is 8.55. The van der Waals surface area contributed by atoms with Crippen molar-refractivity contribution in [2.24, 2.45) is 0 Å². The minimum absolute atomic E-state index is 0.190. The van der Waals surface area contributed by atoms with Crippen molar-refractivity contribution in [3.63, 3.8) is 0 Å². The van der Waals surface area contributed by atoms with Gasteiger partial charge in [0, 0.05) is 31.4 Å². The van der Waals surface area contributed by atoms with E-state index in [1.54, 1.807) is 51.1 Å². The van der Waals surface area contributed by atoms with Gasteiger partial charge < -0.3 is 15.4 Å². The summed E-state index contributed by atoms with van der Waals surface area (Å²) < 4.78 is 32.2. The van der Waals surface area contributed by atoms with Crippen LogP contribution in [0, 0.1) is 6.92 Å². The van der Waals surface area contributed by atoms with Crippen LogP contribution in [0.1, 0.15) is 26.3 Å². The fourth-order valence-corrected chi connectivity index (χ4v) is 4.42. The molecule has 0 aliphatic rings. The van der Waals surface area contributed by atoms with Crippen LogP contribution in [0.5, 0.6) is 5.75 Å². The van der Waals surface area contributed by atoms with Crippen molar-refractivity contribution in [2.45, 2.75) is 32.6 Å². The molecule has 0 aromatic heterocycles. The van der Waals surface area contributed by atoms with Crippen LogP contribution in [0.25, 0.3) is 0 Å². The van der Waals surface area contributed by atoms with Crippen LogP contribution in [-0.2, 0) is 19.6 Å². The summed E-state index contributed by atoms with van der Waals surface area (Å²) in [5.41, 5.74) is 1.71. The monoisotopic (exact) mass is 433 g/mol. The Kier molecular flexibility index (Phi) is 7.96. The second kappa shape index (κ2) is 10.2. The molecule has 0 atom stereocenters. The Labute approximate surface area is 177 Å². The largest absolute Gasteiger partial charge is 0.483 e. The lowest BCUT2D eigenvalue weighted by Gasteiger charge is -2.19. The topological polar surface area (TPSA) is 105 Å². The van der Waals surface area contributed by atoms with Crippen LogP contribution in [0.3, 0.4) is 0 Å². The molecule has 30 heavy (non-hydrogen) atoms. The van der Waals surface area contributed by atoms with Gasteiger partial charge in [-0.3, -0.25) is 9.59 Å². The molecule has 0 heterocycles. The van der Waals surface area contributed by atoms with Crippen LogP contribution in [-0.4, -0.2) is 44.2 Å². The van der Waals surface area contributed by atoms with Gasteiger partial charge in [0.15, 0.2) is 6.61 Å². The first kappa shape index (κ1) is 23.4. The molecule has 162 valence electrons. The van der Waals surface area contributed by atoms with E-state index in [1.165, 1.54) is 23.4 Å². The van der Waals surface area contributed by atoms with Gasteiger partial charge in [0.2, 0.25) is 15.9 Å². The first-order valence-corrected chi connectivity index (χ1v) is 11.0. The highest BCUT2D eigenvalue weighted by atomic mass is 32.2. The Hall–Kier alpha value is -2.91. The summed E-state index contributed by atoms with van der Waals surface area (Å²) in [4.78, 5) is 23.5. The number of ether oxygens (including phenoxy) is 1. The van der Waals surface area contributed by atoms with E-state index >= 15 is 0 Å². The fraction of sp³-hybridized carbons (Fsp3) is 0.333. The number of hydrogen-bond donors (Lipinski definition) is 2. The van der Waals surface area contributed by atoms with Crippen LogP contribution in [0.4, 0.5) is 11.4 Å². The first-order valence-electron chi connectivity index (χ1n) is 9.58. The maximum absolute atomic E-state index is 12.6. The third-order valence-corrected chi connectivity index (χ3v) is 6.36. The highest BCUT2D eigenvalue weighted by Crippen LogP contribution is 2.24. The van der Waals surface area contributed by atoms with Crippen LogP contribution in [0.2, 0.25) is 0 Å². The molecular formula is C21H27N3O5S. The lowest BCUT2D eigenvalue weighted by Crippen LogP contribution is -2.30. The number of rotatable bonds is 9. The number of anilines is 2. The van der Waals surface area contributed by atoms with Gasteiger partial charge in [-0.15, -0.1) is 0 Å². The maximum atomic E-state index is 12.6. The van der Waals surface area contributed by atoms with Gasteiger partial charge in [-0.1, -0.05) is 19.9 Å². The molecular weight excluding hydrogens is 406 g/mol. The summed E-state index contributed by atoms with van der Waals surface area (Å²) in [6.07, 6.45) is 0. The van der Waals surface area contributed by atoms with E-state index in [0.717, 1.165) is 0 Å². The van der Waals surface area contributed by atoms with E-state index in [1.807, 2.05) is 0 Å². The van der Waals surface area contributed by atoms with Crippen molar-refractivity contribution >= 4 is 33.2 Å². The molecule has 2 amide bonds. The molecule has 0 spiro atoms. The van der Waals surface area contributed by atoms with Crippen molar-refractivity contribution in [3.05, 3.63) is 48.0 Å². The minimum Gasteiger partial charge on any atom is -0.483 e. The number of benzene rings is 2. The van der Waals surface area contributed by atoms with Gasteiger partial charge in [0.25, 0.3) is 5.91 Å². The Bertz CT molecular complexity index is 1020. The quantitative estimate of drug-likeness (QED) is 0.633. The van der Waals surface area contributed by atoms with Gasteiger partial charge in [0.1, 0.15) is 5.75 Å². The minimum atomic E-state index is -3.56. The standard InChI is InChI=1S/C21H27N3O5S/c1-5-24(6-2)30(27,28)19-10-11-20(15(3)12-19)29-14-21(26)23-18-9-7-8-17(13-18)22-16(4)25/h7-13H,5-6,14H2,1-4H3,(H,22,25)(H,23,26). The highest BCUT2D eigenvalue weighted by molar-refractivity contribution is 7.89. The van der Waals surface area contributed by atoms with Crippen LogP contribution < -0.4 is 15.4 Å². The Morgan fingerprint density at radius 3 is 2.20 bits per heavy atom. The molecule has 0 fully saturated rings. The van der Waals surface area contributed by atoms with Crippen molar-refractivity contribution in [3.8, 4) is 5.75 Å². The number of aryl methyl sites for hydroxylation is 1. The summed E-state index contributed by atoms with van der Waals surface area (Å²) >= 11 is 0. The van der Waals surface area contributed by atoms with Gasteiger partial charge >= 0.3 is 0 Å². The average Bonchev–Trinajstić information content (AvgIpc) is 2.67. The van der Waals surface area contributed by atoms with E-state index in [-0.39, 0.29) is 23.3 Å². The van der Waals surface area contributed by atoms with Crippen molar-refractivity contribution in [2.75, 3.05) is 30.3 Å². The molecule has 0 saturated heterocycles.